The van der Waals surface area contributed by atoms with Crippen molar-refractivity contribution in [2.45, 2.75) is 6.92 Å². The molecule has 0 saturated heterocycles. The molecule has 0 aliphatic carbocycles. The van der Waals surface area contributed by atoms with Crippen molar-refractivity contribution in [2.24, 2.45) is 0 Å². The average molecular weight is 177 g/mol. The highest BCUT2D eigenvalue weighted by Crippen LogP contribution is 2.02. The summed E-state index contributed by atoms with van der Waals surface area (Å²) < 4.78 is 1.56. The second-order valence-electron chi connectivity index (χ2n) is 2.37. The molecule has 2 rings (SSSR count). The quantitative estimate of drug-likeness (QED) is 0.497. The molecule has 2 aromatic heterocycles. The molecule has 0 fully saturated rings. The molecule has 0 aliphatic heterocycles. The van der Waals surface area contributed by atoms with Crippen LogP contribution >= 0.6 is 11.3 Å². The summed E-state index contributed by atoms with van der Waals surface area (Å²) in [6.45, 7) is 1.79. The average Bonchev–Trinajstić information content (AvgIpc) is 2.29. The lowest BCUT2D eigenvalue weighted by atomic mass is 10.2. The molecule has 12 heavy (non-hydrogen) atoms. The zero-order valence-corrected chi connectivity index (χ0v) is 7.13. The summed E-state index contributed by atoms with van der Waals surface area (Å²) in [5, 5.41) is 3.97. The number of nitrogens with zero attached hydrogens (tertiary/aromatic N) is 3. The standard InChI is InChI=1S/C6H4BN3OS/c1-3-2-4(11)8-6-10(3)9-5(7)12-6/h2H,1H3. The van der Waals surface area contributed by atoms with Gasteiger partial charge in [0.25, 0.3) is 5.56 Å². The Morgan fingerprint density at radius 2 is 2.42 bits per heavy atom. The zero-order valence-electron chi connectivity index (χ0n) is 6.31. The maximum absolute atomic E-state index is 10.9. The van der Waals surface area contributed by atoms with Gasteiger partial charge in [0.2, 0.25) is 4.96 Å². The molecule has 2 radical (unpaired) electrons. The summed E-state index contributed by atoms with van der Waals surface area (Å²) >= 11 is 1.20. The Hall–Kier alpha value is -1.17. The molecule has 0 aliphatic rings. The fourth-order valence-corrected chi connectivity index (χ4v) is 1.68. The number of hydrogen-bond acceptors (Lipinski definition) is 4. The molecule has 0 saturated carbocycles. The van der Waals surface area contributed by atoms with Gasteiger partial charge in [0.1, 0.15) is 0 Å². The molecule has 58 valence electrons. The summed E-state index contributed by atoms with van der Waals surface area (Å²) in [5.41, 5.74) is 0.495. The third kappa shape index (κ3) is 1.04. The van der Waals surface area contributed by atoms with Crippen LogP contribution in [0.25, 0.3) is 4.96 Å². The number of aromatic nitrogens is 3. The lowest BCUT2D eigenvalue weighted by molar-refractivity contribution is 0.898. The molecular weight excluding hydrogens is 173 g/mol. The first-order chi connectivity index (χ1) is 5.66. The smallest absolute Gasteiger partial charge is 0.267 e. The Kier molecular flexibility index (Phi) is 1.50. The number of aryl methyl sites for hydroxylation is 1. The van der Waals surface area contributed by atoms with Crippen molar-refractivity contribution in [1.82, 2.24) is 14.6 Å². The third-order valence-electron chi connectivity index (χ3n) is 1.45. The minimum Gasteiger partial charge on any atom is -0.267 e. The van der Waals surface area contributed by atoms with Crippen molar-refractivity contribution < 1.29 is 0 Å². The van der Waals surface area contributed by atoms with Crippen LogP contribution in [0.2, 0.25) is 0 Å². The predicted molar refractivity (Wildman–Crippen MR) is 47.3 cm³/mol. The van der Waals surface area contributed by atoms with E-state index in [0.29, 0.717) is 9.87 Å². The third-order valence-corrected chi connectivity index (χ3v) is 2.19. The molecule has 4 nitrogen and oxygen atoms in total. The van der Waals surface area contributed by atoms with Crippen LogP contribution in [-0.2, 0) is 0 Å². The maximum Gasteiger partial charge on any atom is 0.274 e. The van der Waals surface area contributed by atoms with E-state index >= 15 is 0 Å². The van der Waals surface area contributed by atoms with Gasteiger partial charge >= 0.3 is 0 Å². The van der Waals surface area contributed by atoms with E-state index in [4.69, 9.17) is 7.85 Å². The first kappa shape index (κ1) is 7.48. The second kappa shape index (κ2) is 2.41. The van der Waals surface area contributed by atoms with Crippen molar-refractivity contribution >= 4 is 29.1 Å². The van der Waals surface area contributed by atoms with E-state index in [2.05, 4.69) is 10.1 Å². The maximum atomic E-state index is 10.9. The molecule has 0 unspecified atom stereocenters. The molecule has 0 aromatic carbocycles. The first-order valence-electron chi connectivity index (χ1n) is 3.30. The minimum atomic E-state index is -0.254. The van der Waals surface area contributed by atoms with E-state index in [1.807, 2.05) is 0 Å². The topological polar surface area (TPSA) is 47.3 Å². The van der Waals surface area contributed by atoms with Crippen LogP contribution in [0.15, 0.2) is 10.9 Å². The van der Waals surface area contributed by atoms with Crippen LogP contribution in [0.3, 0.4) is 0 Å². The van der Waals surface area contributed by atoms with Gasteiger partial charge in [0.05, 0.1) is 4.91 Å². The molecule has 0 atom stereocenters. The van der Waals surface area contributed by atoms with Crippen LogP contribution in [0.1, 0.15) is 5.69 Å². The van der Waals surface area contributed by atoms with Crippen LogP contribution in [-0.4, -0.2) is 22.4 Å². The zero-order chi connectivity index (χ0) is 8.72. The lowest BCUT2D eigenvalue weighted by Gasteiger charge is -1.92. The van der Waals surface area contributed by atoms with Gasteiger partial charge in [-0.2, -0.15) is 10.1 Å². The van der Waals surface area contributed by atoms with E-state index in [0.717, 1.165) is 5.69 Å². The fraction of sp³-hybridized carbons (Fsp3) is 0.167. The summed E-state index contributed by atoms with van der Waals surface area (Å²) in [6, 6.07) is 1.42. The SMILES string of the molecule is [B]c1nn2c(C)cc(=O)nc2s1. The molecule has 0 bridgehead atoms. The highest BCUT2D eigenvalue weighted by molar-refractivity contribution is 7.23. The first-order valence-corrected chi connectivity index (χ1v) is 4.11. The van der Waals surface area contributed by atoms with Gasteiger partial charge < -0.3 is 0 Å². The monoisotopic (exact) mass is 177 g/mol. The normalized spacial score (nSPS) is 10.8. The van der Waals surface area contributed by atoms with Crippen molar-refractivity contribution in [3.8, 4) is 0 Å². The van der Waals surface area contributed by atoms with E-state index in [1.54, 1.807) is 11.4 Å². The Balaban J connectivity index is 2.97. The van der Waals surface area contributed by atoms with Crippen molar-refractivity contribution in [3.63, 3.8) is 0 Å². The van der Waals surface area contributed by atoms with Crippen LogP contribution < -0.4 is 10.5 Å². The van der Waals surface area contributed by atoms with Crippen molar-refractivity contribution in [1.29, 1.82) is 0 Å². The van der Waals surface area contributed by atoms with Crippen LogP contribution in [0.4, 0.5) is 0 Å². The molecule has 0 amide bonds. The minimum absolute atomic E-state index is 0.254. The van der Waals surface area contributed by atoms with E-state index in [-0.39, 0.29) is 5.56 Å². The molecule has 6 heteroatoms. The Labute approximate surface area is 73.3 Å². The van der Waals surface area contributed by atoms with Crippen molar-refractivity contribution in [2.75, 3.05) is 0 Å². The number of hydrogen-bond donors (Lipinski definition) is 0. The second-order valence-corrected chi connectivity index (χ2v) is 3.36. The van der Waals surface area contributed by atoms with Crippen molar-refractivity contribution in [3.05, 3.63) is 22.1 Å². The summed E-state index contributed by atoms with van der Waals surface area (Å²) in [7, 11) is 5.45. The van der Waals surface area contributed by atoms with Gasteiger partial charge in [-0.25, -0.2) is 4.52 Å². The van der Waals surface area contributed by atoms with Gasteiger partial charge in [-0.3, -0.25) is 4.79 Å². The molecule has 2 aromatic rings. The predicted octanol–water partition coefficient (Wildman–Crippen LogP) is -0.747. The van der Waals surface area contributed by atoms with E-state index < -0.39 is 0 Å². The largest absolute Gasteiger partial charge is 0.274 e. The van der Waals surface area contributed by atoms with Crippen LogP contribution in [0, 0.1) is 6.92 Å². The highest BCUT2D eigenvalue weighted by atomic mass is 32.1. The lowest BCUT2D eigenvalue weighted by Crippen LogP contribution is -2.10. The van der Waals surface area contributed by atoms with Gasteiger partial charge in [0, 0.05) is 11.8 Å². The molecule has 2 heterocycles. The van der Waals surface area contributed by atoms with Crippen LogP contribution in [0.5, 0.6) is 0 Å². The summed E-state index contributed by atoms with van der Waals surface area (Å²) in [4.78, 5) is 15.6. The van der Waals surface area contributed by atoms with Gasteiger partial charge in [0.15, 0.2) is 7.85 Å². The van der Waals surface area contributed by atoms with Gasteiger partial charge in [-0.15, -0.1) is 0 Å². The molecule has 0 N–H and O–H groups in total. The Morgan fingerprint density at radius 1 is 1.67 bits per heavy atom. The molecular formula is C6H4BN3OS. The van der Waals surface area contributed by atoms with Gasteiger partial charge in [-0.1, -0.05) is 11.3 Å². The highest BCUT2D eigenvalue weighted by Gasteiger charge is 2.02. The molecule has 0 spiro atoms. The van der Waals surface area contributed by atoms with E-state index in [9.17, 15) is 4.79 Å². The fourth-order valence-electron chi connectivity index (χ4n) is 0.965. The number of rotatable bonds is 0. The van der Waals surface area contributed by atoms with Gasteiger partial charge in [-0.05, 0) is 6.92 Å². The van der Waals surface area contributed by atoms with E-state index in [1.165, 1.54) is 17.4 Å². The summed E-state index contributed by atoms with van der Waals surface area (Å²) in [5.74, 6) is 0. The number of fused-ring (bicyclic) bond motifs is 1. The Bertz CT molecular complexity index is 489. The summed E-state index contributed by atoms with van der Waals surface area (Å²) in [6.07, 6.45) is 0. The Morgan fingerprint density at radius 3 is 3.17 bits per heavy atom.